The number of nitrogens with zero attached hydrogens (tertiary/aromatic N) is 1. The van der Waals surface area contributed by atoms with Crippen LogP contribution >= 0.6 is 0 Å². The van der Waals surface area contributed by atoms with E-state index >= 15 is 0 Å². The lowest BCUT2D eigenvalue weighted by Gasteiger charge is -2.43. The van der Waals surface area contributed by atoms with E-state index in [4.69, 9.17) is 5.73 Å². The number of nitrogens with one attached hydrogen (secondary N) is 2. The SMILES string of the molecule is CCNC(=NCc1cccc(C(N)=O)c1)NCC1(c2ccccc2)CCC1. The Morgan fingerprint density at radius 2 is 1.89 bits per heavy atom. The van der Waals surface area contributed by atoms with Crippen molar-refractivity contribution < 1.29 is 4.79 Å². The number of benzene rings is 2. The molecule has 0 bridgehead atoms. The molecule has 0 atom stereocenters. The molecule has 3 rings (SSSR count). The van der Waals surface area contributed by atoms with Crippen LogP contribution in [0.3, 0.4) is 0 Å². The van der Waals surface area contributed by atoms with Crippen LogP contribution < -0.4 is 16.4 Å². The normalized spacial score (nSPS) is 15.7. The summed E-state index contributed by atoms with van der Waals surface area (Å²) >= 11 is 0. The van der Waals surface area contributed by atoms with E-state index in [9.17, 15) is 4.79 Å². The Morgan fingerprint density at radius 3 is 2.52 bits per heavy atom. The number of aliphatic imine (C=N–C) groups is 1. The Labute approximate surface area is 161 Å². The van der Waals surface area contributed by atoms with Crippen LogP contribution in [0, 0.1) is 0 Å². The fraction of sp³-hybridized carbons (Fsp3) is 0.364. The molecule has 0 saturated heterocycles. The Balaban J connectivity index is 1.67. The lowest BCUT2D eigenvalue weighted by molar-refractivity contribution is 0.1000. The highest BCUT2D eigenvalue weighted by Gasteiger charge is 2.38. The Morgan fingerprint density at radius 1 is 1.11 bits per heavy atom. The minimum atomic E-state index is -0.416. The monoisotopic (exact) mass is 364 g/mol. The summed E-state index contributed by atoms with van der Waals surface area (Å²) in [6, 6.07) is 18.0. The summed E-state index contributed by atoms with van der Waals surface area (Å²) in [5.74, 6) is 0.379. The van der Waals surface area contributed by atoms with Crippen molar-refractivity contribution >= 4 is 11.9 Å². The van der Waals surface area contributed by atoms with E-state index in [0.29, 0.717) is 12.1 Å². The van der Waals surface area contributed by atoms with E-state index < -0.39 is 5.91 Å². The minimum Gasteiger partial charge on any atom is -0.366 e. The third-order valence-electron chi connectivity index (χ3n) is 5.27. The van der Waals surface area contributed by atoms with E-state index in [1.807, 2.05) is 12.1 Å². The first-order valence-corrected chi connectivity index (χ1v) is 9.59. The quantitative estimate of drug-likeness (QED) is 0.522. The van der Waals surface area contributed by atoms with Crippen molar-refractivity contribution in [2.45, 2.75) is 38.1 Å². The second-order valence-corrected chi connectivity index (χ2v) is 7.11. The predicted octanol–water partition coefficient (Wildman–Crippen LogP) is 2.96. The number of amides is 1. The molecule has 1 saturated carbocycles. The number of nitrogens with two attached hydrogens (primary N) is 1. The number of guanidine groups is 1. The van der Waals surface area contributed by atoms with Crippen LogP contribution in [0.5, 0.6) is 0 Å². The molecule has 0 unspecified atom stereocenters. The molecule has 1 aliphatic carbocycles. The van der Waals surface area contributed by atoms with Gasteiger partial charge in [0.05, 0.1) is 6.54 Å². The van der Waals surface area contributed by atoms with Gasteiger partial charge in [-0.25, -0.2) is 4.99 Å². The minimum absolute atomic E-state index is 0.198. The Hall–Kier alpha value is -2.82. The van der Waals surface area contributed by atoms with Crippen molar-refractivity contribution in [3.8, 4) is 0 Å². The first-order valence-electron chi connectivity index (χ1n) is 9.59. The van der Waals surface area contributed by atoms with E-state index in [0.717, 1.165) is 24.6 Å². The summed E-state index contributed by atoms with van der Waals surface area (Å²) in [5.41, 5.74) is 8.43. The lowest BCUT2D eigenvalue weighted by Crippen LogP contribution is -2.48. The third-order valence-corrected chi connectivity index (χ3v) is 5.27. The molecule has 2 aromatic rings. The van der Waals surface area contributed by atoms with Gasteiger partial charge in [0, 0.05) is 24.1 Å². The molecule has 0 heterocycles. The maximum Gasteiger partial charge on any atom is 0.248 e. The second kappa shape index (κ2) is 8.71. The maximum absolute atomic E-state index is 11.3. The fourth-order valence-corrected chi connectivity index (χ4v) is 3.55. The largest absolute Gasteiger partial charge is 0.366 e. The highest BCUT2D eigenvalue weighted by atomic mass is 16.1. The van der Waals surface area contributed by atoms with Gasteiger partial charge in [-0.2, -0.15) is 0 Å². The summed E-state index contributed by atoms with van der Waals surface area (Å²) in [7, 11) is 0. The molecule has 2 aromatic carbocycles. The zero-order chi connectivity index (χ0) is 19.1. The number of carbonyl (C=O) groups excluding carboxylic acids is 1. The zero-order valence-electron chi connectivity index (χ0n) is 15.9. The van der Waals surface area contributed by atoms with Crippen molar-refractivity contribution in [3.05, 3.63) is 71.3 Å². The van der Waals surface area contributed by atoms with Crippen molar-refractivity contribution in [2.75, 3.05) is 13.1 Å². The van der Waals surface area contributed by atoms with Gasteiger partial charge in [-0.1, -0.05) is 48.9 Å². The van der Waals surface area contributed by atoms with Crippen LogP contribution in [0.15, 0.2) is 59.6 Å². The van der Waals surface area contributed by atoms with Crippen LogP contribution in [0.25, 0.3) is 0 Å². The highest BCUT2D eigenvalue weighted by Crippen LogP contribution is 2.43. The first-order chi connectivity index (χ1) is 13.1. The van der Waals surface area contributed by atoms with Crippen LogP contribution in [0.4, 0.5) is 0 Å². The zero-order valence-corrected chi connectivity index (χ0v) is 15.9. The topological polar surface area (TPSA) is 79.5 Å². The van der Waals surface area contributed by atoms with Gasteiger partial charge >= 0.3 is 0 Å². The molecule has 0 spiro atoms. The second-order valence-electron chi connectivity index (χ2n) is 7.11. The van der Waals surface area contributed by atoms with Gasteiger partial charge < -0.3 is 16.4 Å². The van der Waals surface area contributed by atoms with Crippen molar-refractivity contribution in [2.24, 2.45) is 10.7 Å². The van der Waals surface area contributed by atoms with E-state index in [1.54, 1.807) is 12.1 Å². The molecule has 0 aromatic heterocycles. The smallest absolute Gasteiger partial charge is 0.248 e. The van der Waals surface area contributed by atoms with Gasteiger partial charge in [-0.15, -0.1) is 0 Å². The molecule has 0 radical (unpaired) electrons. The summed E-state index contributed by atoms with van der Waals surface area (Å²) in [4.78, 5) is 16.0. The number of hydrogen-bond acceptors (Lipinski definition) is 2. The molecule has 0 aliphatic heterocycles. The number of rotatable bonds is 7. The van der Waals surface area contributed by atoms with Crippen LogP contribution in [0.1, 0.15) is 47.7 Å². The summed E-state index contributed by atoms with van der Waals surface area (Å²) in [5, 5.41) is 6.83. The van der Waals surface area contributed by atoms with E-state index in [-0.39, 0.29) is 5.41 Å². The molecule has 5 nitrogen and oxygen atoms in total. The van der Waals surface area contributed by atoms with Gasteiger partial charge in [0.25, 0.3) is 0 Å². The molecule has 4 N–H and O–H groups in total. The molecule has 1 amide bonds. The summed E-state index contributed by atoms with van der Waals surface area (Å²) < 4.78 is 0. The highest BCUT2D eigenvalue weighted by molar-refractivity contribution is 5.92. The molecule has 142 valence electrons. The Kier molecular flexibility index (Phi) is 6.12. The van der Waals surface area contributed by atoms with Crippen molar-refractivity contribution in [1.82, 2.24) is 10.6 Å². The summed E-state index contributed by atoms with van der Waals surface area (Å²) in [6.45, 7) is 4.21. The van der Waals surface area contributed by atoms with Crippen LogP contribution in [0.2, 0.25) is 0 Å². The van der Waals surface area contributed by atoms with Gasteiger partial charge in [0.15, 0.2) is 5.96 Å². The van der Waals surface area contributed by atoms with Gasteiger partial charge in [-0.05, 0) is 43.0 Å². The summed E-state index contributed by atoms with van der Waals surface area (Å²) in [6.07, 6.45) is 3.66. The molecular weight excluding hydrogens is 336 g/mol. The van der Waals surface area contributed by atoms with Crippen molar-refractivity contribution in [3.63, 3.8) is 0 Å². The van der Waals surface area contributed by atoms with Crippen LogP contribution in [-0.2, 0) is 12.0 Å². The molecule has 5 heteroatoms. The first kappa shape index (κ1) is 19.0. The molecule has 1 aliphatic rings. The van der Waals surface area contributed by atoms with E-state index in [1.165, 1.54) is 24.8 Å². The standard InChI is InChI=1S/C22H28N4O/c1-2-24-21(25-15-17-8-6-9-18(14-17)20(23)27)26-16-22(12-7-13-22)19-10-4-3-5-11-19/h3-6,8-11,14H,2,7,12-13,15-16H2,1H3,(H2,23,27)(H2,24,25,26). The lowest BCUT2D eigenvalue weighted by atomic mass is 9.64. The van der Waals surface area contributed by atoms with Gasteiger partial charge in [0.1, 0.15) is 0 Å². The van der Waals surface area contributed by atoms with Gasteiger partial charge in [0.2, 0.25) is 5.91 Å². The van der Waals surface area contributed by atoms with Gasteiger partial charge in [-0.3, -0.25) is 4.79 Å². The number of primary amides is 1. The Bertz CT molecular complexity index is 797. The third kappa shape index (κ3) is 4.67. The molecule has 27 heavy (non-hydrogen) atoms. The molecular formula is C22H28N4O. The molecule has 1 fully saturated rings. The fourth-order valence-electron chi connectivity index (χ4n) is 3.55. The number of hydrogen-bond donors (Lipinski definition) is 3. The average Bonchev–Trinajstić information content (AvgIpc) is 2.66. The van der Waals surface area contributed by atoms with Crippen molar-refractivity contribution in [1.29, 1.82) is 0 Å². The predicted molar refractivity (Wildman–Crippen MR) is 110 cm³/mol. The van der Waals surface area contributed by atoms with E-state index in [2.05, 4.69) is 52.9 Å². The van der Waals surface area contributed by atoms with Crippen LogP contribution in [-0.4, -0.2) is 25.0 Å². The maximum atomic E-state index is 11.3. The number of carbonyl (C=O) groups is 1. The average molecular weight is 364 g/mol.